The molecule has 1 aromatic heterocycles. The van der Waals surface area contributed by atoms with Crippen molar-refractivity contribution in [2.75, 3.05) is 12.3 Å². The Labute approximate surface area is 139 Å². The number of nitrogens with one attached hydrogen (secondary N) is 1. The Morgan fingerprint density at radius 1 is 1.13 bits per heavy atom. The summed E-state index contributed by atoms with van der Waals surface area (Å²) in [5.41, 5.74) is 3.08. The summed E-state index contributed by atoms with van der Waals surface area (Å²) >= 11 is 1.45. The fourth-order valence-electron chi connectivity index (χ4n) is 2.40. The lowest BCUT2D eigenvalue weighted by molar-refractivity contribution is -0.128. The molecule has 3 rings (SSSR count). The number of hydrogen-bond acceptors (Lipinski definition) is 3. The van der Waals surface area contributed by atoms with Crippen molar-refractivity contribution in [3.63, 3.8) is 0 Å². The third-order valence-electron chi connectivity index (χ3n) is 3.65. The molecule has 0 aliphatic carbocycles. The number of hydrogen-bond donors (Lipinski definition) is 1. The summed E-state index contributed by atoms with van der Waals surface area (Å²) in [6, 6.07) is 17.9. The van der Waals surface area contributed by atoms with Crippen molar-refractivity contribution in [1.82, 2.24) is 14.9 Å². The number of aromatic nitrogens is 2. The Balaban J connectivity index is 1.60. The summed E-state index contributed by atoms with van der Waals surface area (Å²) < 4.78 is 0. The van der Waals surface area contributed by atoms with Gasteiger partial charge in [0.05, 0.1) is 16.8 Å². The molecule has 118 valence electrons. The van der Waals surface area contributed by atoms with Crippen LogP contribution in [-0.2, 0) is 11.3 Å². The average Bonchev–Trinajstić information content (AvgIpc) is 3.01. The third kappa shape index (κ3) is 3.93. The predicted molar refractivity (Wildman–Crippen MR) is 94.4 cm³/mol. The lowest BCUT2D eigenvalue weighted by atomic mass is 10.2. The zero-order valence-corrected chi connectivity index (χ0v) is 13.8. The maximum atomic E-state index is 12.4. The number of fused-ring (bicyclic) bond motifs is 1. The molecule has 1 heterocycles. The van der Waals surface area contributed by atoms with Gasteiger partial charge in [-0.2, -0.15) is 0 Å². The van der Waals surface area contributed by atoms with Gasteiger partial charge in [-0.1, -0.05) is 54.2 Å². The molecule has 23 heavy (non-hydrogen) atoms. The van der Waals surface area contributed by atoms with Crippen LogP contribution >= 0.6 is 11.8 Å². The number of carbonyl (C=O) groups excluding carboxylic acids is 1. The standard InChI is InChI=1S/C18H19N3OS/c1-2-21(12-14-8-4-3-5-9-14)17(22)13-23-18-19-15-10-6-7-11-16(15)20-18/h3-11H,2,12-13H2,1H3,(H,19,20). The van der Waals surface area contributed by atoms with Gasteiger partial charge in [0.1, 0.15) is 0 Å². The van der Waals surface area contributed by atoms with Crippen molar-refractivity contribution >= 4 is 28.7 Å². The van der Waals surface area contributed by atoms with Crippen LogP contribution in [-0.4, -0.2) is 33.1 Å². The van der Waals surface area contributed by atoms with Gasteiger partial charge < -0.3 is 9.88 Å². The van der Waals surface area contributed by atoms with Gasteiger partial charge >= 0.3 is 0 Å². The monoisotopic (exact) mass is 325 g/mol. The molecule has 0 aliphatic rings. The minimum absolute atomic E-state index is 0.127. The van der Waals surface area contributed by atoms with Crippen molar-refractivity contribution < 1.29 is 4.79 Å². The van der Waals surface area contributed by atoms with E-state index in [9.17, 15) is 4.79 Å². The first kappa shape index (κ1) is 15.6. The number of benzene rings is 2. The van der Waals surface area contributed by atoms with E-state index in [0.29, 0.717) is 18.8 Å². The van der Waals surface area contributed by atoms with Gasteiger partial charge in [-0.15, -0.1) is 0 Å². The van der Waals surface area contributed by atoms with Crippen LogP contribution in [0.2, 0.25) is 0 Å². The highest BCUT2D eigenvalue weighted by molar-refractivity contribution is 7.99. The fourth-order valence-corrected chi connectivity index (χ4v) is 3.19. The van der Waals surface area contributed by atoms with Gasteiger partial charge in [0, 0.05) is 13.1 Å². The Kier molecular flexibility index (Phi) is 4.98. The lowest BCUT2D eigenvalue weighted by Crippen LogP contribution is -2.31. The number of imidazole rings is 1. The zero-order chi connectivity index (χ0) is 16.1. The van der Waals surface area contributed by atoms with Gasteiger partial charge in [-0.25, -0.2) is 4.98 Å². The van der Waals surface area contributed by atoms with Crippen LogP contribution in [0.3, 0.4) is 0 Å². The number of thioether (sulfide) groups is 1. The molecule has 0 unspecified atom stereocenters. The number of amides is 1. The third-order valence-corrected chi connectivity index (χ3v) is 4.51. The first-order valence-corrected chi connectivity index (χ1v) is 8.64. The van der Waals surface area contributed by atoms with Crippen molar-refractivity contribution in [3.05, 3.63) is 60.2 Å². The molecule has 0 saturated carbocycles. The summed E-state index contributed by atoms with van der Waals surface area (Å²) in [5.74, 6) is 0.516. The van der Waals surface area contributed by atoms with E-state index in [-0.39, 0.29) is 5.91 Å². The number of nitrogens with zero attached hydrogens (tertiary/aromatic N) is 2. The average molecular weight is 325 g/mol. The number of H-pyrrole nitrogens is 1. The van der Waals surface area contributed by atoms with Gasteiger partial charge in [0.2, 0.25) is 5.91 Å². The Bertz CT molecular complexity index is 752. The predicted octanol–water partition coefficient (Wildman–Crippen LogP) is 3.70. The first-order valence-electron chi connectivity index (χ1n) is 7.65. The first-order chi connectivity index (χ1) is 11.3. The summed E-state index contributed by atoms with van der Waals surface area (Å²) in [7, 11) is 0. The molecule has 5 heteroatoms. The SMILES string of the molecule is CCN(Cc1ccccc1)C(=O)CSc1nc2ccccc2[nH]1. The molecular formula is C18H19N3OS. The molecule has 0 saturated heterocycles. The second-order valence-electron chi connectivity index (χ2n) is 5.24. The topological polar surface area (TPSA) is 49.0 Å². The highest BCUT2D eigenvalue weighted by atomic mass is 32.2. The lowest BCUT2D eigenvalue weighted by Gasteiger charge is -2.20. The minimum Gasteiger partial charge on any atom is -0.338 e. The highest BCUT2D eigenvalue weighted by Crippen LogP contribution is 2.19. The molecule has 0 spiro atoms. The van der Waals surface area contributed by atoms with Crippen molar-refractivity contribution in [2.24, 2.45) is 0 Å². The largest absolute Gasteiger partial charge is 0.338 e. The maximum Gasteiger partial charge on any atom is 0.233 e. The molecule has 0 fully saturated rings. The summed E-state index contributed by atoms with van der Waals surface area (Å²) in [6.07, 6.45) is 0. The van der Waals surface area contributed by atoms with Gasteiger partial charge in [-0.3, -0.25) is 4.79 Å². The number of carbonyl (C=O) groups is 1. The molecule has 4 nitrogen and oxygen atoms in total. The van der Waals surface area contributed by atoms with Crippen LogP contribution in [0.1, 0.15) is 12.5 Å². The van der Waals surface area contributed by atoms with E-state index in [2.05, 4.69) is 9.97 Å². The zero-order valence-electron chi connectivity index (χ0n) is 13.0. The van der Waals surface area contributed by atoms with Crippen LogP contribution in [0.4, 0.5) is 0 Å². The Morgan fingerprint density at radius 2 is 1.87 bits per heavy atom. The van der Waals surface area contributed by atoms with E-state index in [1.54, 1.807) is 0 Å². The van der Waals surface area contributed by atoms with Crippen LogP contribution < -0.4 is 0 Å². The van der Waals surface area contributed by atoms with E-state index in [1.165, 1.54) is 11.8 Å². The van der Waals surface area contributed by atoms with E-state index in [0.717, 1.165) is 21.8 Å². The number of rotatable bonds is 6. The molecule has 0 bridgehead atoms. The molecule has 0 aliphatic heterocycles. The summed E-state index contributed by atoms with van der Waals surface area (Å²) in [4.78, 5) is 22.0. The second-order valence-corrected chi connectivity index (χ2v) is 6.21. The Morgan fingerprint density at radius 3 is 2.61 bits per heavy atom. The highest BCUT2D eigenvalue weighted by Gasteiger charge is 2.13. The van der Waals surface area contributed by atoms with Crippen LogP contribution in [0.15, 0.2) is 59.8 Å². The fraction of sp³-hybridized carbons (Fsp3) is 0.222. The van der Waals surface area contributed by atoms with Gasteiger partial charge in [0.25, 0.3) is 0 Å². The van der Waals surface area contributed by atoms with E-state index < -0.39 is 0 Å². The molecular weight excluding hydrogens is 306 g/mol. The second kappa shape index (κ2) is 7.33. The summed E-state index contributed by atoms with van der Waals surface area (Å²) in [5, 5.41) is 0.787. The smallest absolute Gasteiger partial charge is 0.233 e. The Hall–Kier alpha value is -2.27. The number of aromatic amines is 1. The quantitative estimate of drug-likeness (QED) is 0.703. The molecule has 3 aromatic rings. The van der Waals surface area contributed by atoms with E-state index in [4.69, 9.17) is 0 Å². The van der Waals surface area contributed by atoms with Crippen LogP contribution in [0.5, 0.6) is 0 Å². The van der Waals surface area contributed by atoms with Crippen molar-refractivity contribution in [1.29, 1.82) is 0 Å². The van der Waals surface area contributed by atoms with Crippen molar-refractivity contribution in [3.8, 4) is 0 Å². The van der Waals surface area contributed by atoms with Gasteiger partial charge in [0.15, 0.2) is 5.16 Å². The maximum absolute atomic E-state index is 12.4. The minimum atomic E-state index is 0.127. The molecule has 2 aromatic carbocycles. The van der Waals surface area contributed by atoms with E-state index >= 15 is 0 Å². The number of para-hydroxylation sites is 2. The molecule has 1 N–H and O–H groups in total. The molecule has 1 amide bonds. The molecule has 0 atom stereocenters. The van der Waals surface area contributed by atoms with E-state index in [1.807, 2.05) is 66.4 Å². The molecule has 0 radical (unpaired) electrons. The van der Waals surface area contributed by atoms with Gasteiger partial charge in [-0.05, 0) is 24.6 Å². The summed E-state index contributed by atoms with van der Waals surface area (Å²) in [6.45, 7) is 3.36. The van der Waals surface area contributed by atoms with Crippen LogP contribution in [0, 0.1) is 0 Å². The van der Waals surface area contributed by atoms with Crippen LogP contribution in [0.25, 0.3) is 11.0 Å². The normalized spacial score (nSPS) is 10.8. The van der Waals surface area contributed by atoms with Crippen molar-refractivity contribution in [2.45, 2.75) is 18.6 Å².